The van der Waals surface area contributed by atoms with Crippen molar-refractivity contribution in [3.05, 3.63) is 62.3 Å². The summed E-state index contributed by atoms with van der Waals surface area (Å²) in [6.45, 7) is 5.20. The third-order valence-corrected chi connectivity index (χ3v) is 4.96. The zero-order valence-electron chi connectivity index (χ0n) is 14.0. The summed E-state index contributed by atoms with van der Waals surface area (Å²) in [5, 5.41) is 11.5. The minimum absolute atomic E-state index is 0.145. The molecule has 25 heavy (non-hydrogen) atoms. The zero-order valence-corrected chi connectivity index (χ0v) is 14.8. The van der Waals surface area contributed by atoms with E-state index in [1.54, 1.807) is 12.1 Å². The number of H-pyrrole nitrogens is 1. The van der Waals surface area contributed by atoms with Gasteiger partial charge >= 0.3 is 5.97 Å². The number of hydrogen-bond acceptors (Lipinski definition) is 5. The van der Waals surface area contributed by atoms with Crippen LogP contribution in [0.5, 0.6) is 0 Å². The molecule has 6 nitrogen and oxygen atoms in total. The largest absolute Gasteiger partial charge is 0.477 e. The second-order valence-electron chi connectivity index (χ2n) is 6.15. The van der Waals surface area contributed by atoms with E-state index in [-0.39, 0.29) is 11.6 Å². The summed E-state index contributed by atoms with van der Waals surface area (Å²) in [6.07, 6.45) is 0. The van der Waals surface area contributed by atoms with E-state index < -0.39 is 5.97 Å². The summed E-state index contributed by atoms with van der Waals surface area (Å²) in [5.74, 6) is -0.307. The molecule has 130 valence electrons. The predicted octanol–water partition coefficient (Wildman–Crippen LogP) is 3.09. The number of aromatic carboxylic acids is 1. The molecule has 7 heteroatoms. The van der Waals surface area contributed by atoms with Crippen LogP contribution in [0.3, 0.4) is 0 Å². The van der Waals surface area contributed by atoms with Gasteiger partial charge in [0.1, 0.15) is 10.7 Å². The molecular formula is C18H19N3O3S. The van der Waals surface area contributed by atoms with Gasteiger partial charge in [0.15, 0.2) is 0 Å². The molecule has 2 N–H and O–H groups in total. The maximum atomic E-state index is 12.2. The van der Waals surface area contributed by atoms with Gasteiger partial charge in [-0.25, -0.2) is 9.78 Å². The number of carbonyl (C=O) groups is 1. The molecule has 0 fully saturated rings. The van der Waals surface area contributed by atoms with Gasteiger partial charge in [-0.05, 0) is 43.0 Å². The number of nitrogens with zero attached hydrogens (tertiary/aromatic N) is 2. The van der Waals surface area contributed by atoms with Gasteiger partial charge < -0.3 is 10.1 Å². The number of fused-ring (bicyclic) bond motifs is 1. The van der Waals surface area contributed by atoms with Gasteiger partial charge in [-0.15, -0.1) is 11.3 Å². The number of para-hydroxylation sites is 1. The molecule has 0 aliphatic rings. The topological polar surface area (TPSA) is 86.3 Å². The molecule has 0 unspecified atom stereocenters. The molecule has 0 atom stereocenters. The zero-order chi connectivity index (χ0) is 18.0. The van der Waals surface area contributed by atoms with Crippen molar-refractivity contribution in [3.8, 4) is 0 Å². The van der Waals surface area contributed by atoms with Crippen LogP contribution in [-0.4, -0.2) is 32.0 Å². The van der Waals surface area contributed by atoms with Crippen LogP contribution in [0.2, 0.25) is 0 Å². The van der Waals surface area contributed by atoms with Crippen LogP contribution in [0, 0.1) is 0 Å². The van der Waals surface area contributed by atoms with E-state index in [9.17, 15) is 9.59 Å². The number of thiophene rings is 1. The van der Waals surface area contributed by atoms with Gasteiger partial charge in [0, 0.05) is 12.6 Å². The van der Waals surface area contributed by atoms with Crippen molar-refractivity contribution in [1.82, 2.24) is 14.9 Å². The number of hydrogen-bond donors (Lipinski definition) is 2. The first-order valence-electron chi connectivity index (χ1n) is 7.96. The summed E-state index contributed by atoms with van der Waals surface area (Å²) < 4.78 is 0. The smallest absolute Gasteiger partial charge is 0.345 e. The van der Waals surface area contributed by atoms with E-state index in [2.05, 4.69) is 28.7 Å². The Morgan fingerprint density at radius 1 is 1.32 bits per heavy atom. The highest BCUT2D eigenvalue weighted by Gasteiger charge is 2.15. The standard InChI is InChI=1S/C18H19N3O3S/c1-11(2)21(8-12-7-15(18(23)24)25-10-12)9-16-19-14-6-4-3-5-13(14)17(22)20-16/h3-7,10-11H,8-9H2,1-2H3,(H,23,24)(H,19,20,22). The Labute approximate surface area is 148 Å². The molecule has 0 saturated heterocycles. The average Bonchev–Trinajstić information content (AvgIpc) is 3.03. The van der Waals surface area contributed by atoms with Crippen LogP contribution in [0.25, 0.3) is 10.9 Å². The van der Waals surface area contributed by atoms with Gasteiger partial charge in [-0.2, -0.15) is 0 Å². The Bertz CT molecular complexity index is 961. The van der Waals surface area contributed by atoms with Crippen LogP contribution in [-0.2, 0) is 13.1 Å². The summed E-state index contributed by atoms with van der Waals surface area (Å²) in [7, 11) is 0. The molecule has 3 rings (SSSR count). The molecule has 1 aromatic carbocycles. The number of aromatic amines is 1. The summed E-state index contributed by atoms with van der Waals surface area (Å²) in [6, 6.07) is 9.16. The second-order valence-corrected chi connectivity index (χ2v) is 7.06. The molecule has 0 radical (unpaired) electrons. The first-order valence-corrected chi connectivity index (χ1v) is 8.84. The maximum Gasteiger partial charge on any atom is 0.345 e. The van der Waals surface area contributed by atoms with E-state index >= 15 is 0 Å². The SMILES string of the molecule is CC(C)N(Cc1csc(C(=O)O)c1)Cc1nc2ccccc2c(=O)[nH]1. The van der Waals surface area contributed by atoms with Gasteiger partial charge in [-0.1, -0.05) is 12.1 Å². The number of carboxylic acid groups (broad SMARTS) is 1. The Morgan fingerprint density at radius 3 is 2.76 bits per heavy atom. The van der Waals surface area contributed by atoms with E-state index in [1.807, 2.05) is 23.6 Å². The average molecular weight is 357 g/mol. The van der Waals surface area contributed by atoms with Crippen molar-refractivity contribution in [1.29, 1.82) is 0 Å². The lowest BCUT2D eigenvalue weighted by Gasteiger charge is -2.25. The Balaban J connectivity index is 1.84. The first-order chi connectivity index (χ1) is 11.9. The van der Waals surface area contributed by atoms with E-state index in [4.69, 9.17) is 5.11 Å². The molecule has 0 spiro atoms. The number of nitrogens with one attached hydrogen (secondary N) is 1. The molecular weight excluding hydrogens is 338 g/mol. The van der Waals surface area contributed by atoms with Crippen LogP contribution >= 0.6 is 11.3 Å². The van der Waals surface area contributed by atoms with Crippen molar-refractivity contribution in [2.75, 3.05) is 0 Å². The fraction of sp³-hybridized carbons (Fsp3) is 0.278. The lowest BCUT2D eigenvalue weighted by atomic mass is 10.2. The molecule has 0 aliphatic carbocycles. The molecule has 3 aromatic rings. The van der Waals surface area contributed by atoms with Gasteiger partial charge in [-0.3, -0.25) is 9.69 Å². The monoisotopic (exact) mass is 357 g/mol. The summed E-state index contributed by atoms with van der Waals surface area (Å²) >= 11 is 1.22. The van der Waals surface area contributed by atoms with Crippen LogP contribution in [0.1, 0.15) is 34.9 Å². The molecule has 2 aromatic heterocycles. The molecule has 0 bridgehead atoms. The lowest BCUT2D eigenvalue weighted by molar-refractivity contribution is 0.0702. The normalized spacial score (nSPS) is 11.5. The van der Waals surface area contributed by atoms with Crippen molar-refractivity contribution >= 4 is 28.2 Å². The van der Waals surface area contributed by atoms with Crippen molar-refractivity contribution in [2.45, 2.75) is 33.0 Å². The molecule has 0 amide bonds. The highest BCUT2D eigenvalue weighted by Crippen LogP contribution is 2.18. The Hall–Kier alpha value is -2.51. The number of carboxylic acids is 1. The predicted molar refractivity (Wildman–Crippen MR) is 98.0 cm³/mol. The maximum absolute atomic E-state index is 12.2. The molecule has 2 heterocycles. The number of rotatable bonds is 6. The molecule has 0 saturated carbocycles. The molecule has 0 aliphatic heterocycles. The fourth-order valence-corrected chi connectivity index (χ4v) is 3.37. The third-order valence-electron chi connectivity index (χ3n) is 4.00. The van der Waals surface area contributed by atoms with Crippen molar-refractivity contribution in [3.63, 3.8) is 0 Å². The Kier molecular flexibility index (Phi) is 4.96. The number of benzene rings is 1. The summed E-state index contributed by atoms with van der Waals surface area (Å²) in [5.41, 5.74) is 1.47. The van der Waals surface area contributed by atoms with Gasteiger partial charge in [0.25, 0.3) is 5.56 Å². The van der Waals surface area contributed by atoms with Crippen molar-refractivity contribution < 1.29 is 9.90 Å². The van der Waals surface area contributed by atoms with Gasteiger partial charge in [0.2, 0.25) is 0 Å². The van der Waals surface area contributed by atoms with E-state index in [0.29, 0.717) is 34.7 Å². The van der Waals surface area contributed by atoms with Crippen LogP contribution in [0.4, 0.5) is 0 Å². The summed E-state index contributed by atoms with van der Waals surface area (Å²) in [4.78, 5) is 33.1. The highest BCUT2D eigenvalue weighted by molar-refractivity contribution is 7.12. The fourth-order valence-electron chi connectivity index (χ4n) is 2.63. The lowest BCUT2D eigenvalue weighted by Crippen LogP contribution is -2.31. The van der Waals surface area contributed by atoms with Crippen molar-refractivity contribution in [2.24, 2.45) is 0 Å². The minimum atomic E-state index is -0.909. The third kappa shape index (κ3) is 3.94. The van der Waals surface area contributed by atoms with E-state index in [1.165, 1.54) is 11.3 Å². The van der Waals surface area contributed by atoms with Gasteiger partial charge in [0.05, 0.1) is 17.4 Å². The minimum Gasteiger partial charge on any atom is -0.477 e. The van der Waals surface area contributed by atoms with Crippen LogP contribution in [0.15, 0.2) is 40.5 Å². The highest BCUT2D eigenvalue weighted by atomic mass is 32.1. The first kappa shape index (κ1) is 17.3. The Morgan fingerprint density at radius 2 is 2.08 bits per heavy atom. The number of aromatic nitrogens is 2. The second kappa shape index (κ2) is 7.16. The van der Waals surface area contributed by atoms with Crippen LogP contribution < -0.4 is 5.56 Å². The van der Waals surface area contributed by atoms with E-state index in [0.717, 1.165) is 5.56 Å². The quantitative estimate of drug-likeness (QED) is 0.708.